The van der Waals surface area contributed by atoms with Crippen LogP contribution in [0.4, 0.5) is 24.7 Å². The molecule has 27 heavy (non-hydrogen) atoms. The Balaban J connectivity index is 1.63. The third-order valence-electron chi connectivity index (χ3n) is 4.59. The molecule has 0 saturated carbocycles. The lowest BCUT2D eigenvalue weighted by molar-refractivity contribution is -0.144. The third-order valence-corrected chi connectivity index (χ3v) is 4.82. The summed E-state index contributed by atoms with van der Waals surface area (Å²) in [7, 11) is 0. The average Bonchev–Trinajstić information content (AvgIpc) is 2.66. The second-order valence-electron chi connectivity index (χ2n) is 6.34. The number of hydrogen-bond donors (Lipinski definition) is 0. The van der Waals surface area contributed by atoms with E-state index in [-0.39, 0.29) is 0 Å². The van der Waals surface area contributed by atoms with Crippen LogP contribution in [0.5, 0.6) is 0 Å². The Morgan fingerprint density at radius 3 is 2.26 bits per heavy atom. The molecule has 0 spiro atoms. The van der Waals surface area contributed by atoms with Crippen LogP contribution in [0.3, 0.4) is 0 Å². The fourth-order valence-electron chi connectivity index (χ4n) is 3.28. The van der Waals surface area contributed by atoms with E-state index in [1.54, 1.807) is 24.3 Å². The van der Waals surface area contributed by atoms with Crippen molar-refractivity contribution in [3.05, 3.63) is 59.4 Å². The maximum atomic E-state index is 13.2. The number of alkyl halides is 3. The number of anilines is 2. The van der Waals surface area contributed by atoms with Crippen molar-refractivity contribution in [2.75, 3.05) is 36.0 Å². The van der Waals surface area contributed by atoms with E-state index in [1.807, 2.05) is 29.2 Å². The Labute approximate surface area is 159 Å². The molecule has 0 amide bonds. The van der Waals surface area contributed by atoms with E-state index >= 15 is 0 Å². The van der Waals surface area contributed by atoms with Crippen molar-refractivity contribution in [3.63, 3.8) is 0 Å². The number of aromatic nitrogens is 2. The summed E-state index contributed by atoms with van der Waals surface area (Å²) >= 11 is 6.05. The van der Waals surface area contributed by atoms with Crippen molar-refractivity contribution < 1.29 is 13.2 Å². The summed E-state index contributed by atoms with van der Waals surface area (Å²) in [5, 5.41) is 1.29. The quantitative estimate of drug-likeness (QED) is 0.636. The van der Waals surface area contributed by atoms with Crippen LogP contribution >= 0.6 is 11.6 Å². The molecule has 2 heterocycles. The van der Waals surface area contributed by atoms with Crippen LogP contribution in [0.2, 0.25) is 5.02 Å². The molecule has 1 aliphatic rings. The lowest BCUT2D eigenvalue weighted by Crippen LogP contribution is -2.47. The molecule has 1 saturated heterocycles. The number of hydrogen-bond acceptors (Lipinski definition) is 4. The van der Waals surface area contributed by atoms with Gasteiger partial charge in [0.2, 0.25) is 5.82 Å². The molecule has 0 N–H and O–H groups in total. The zero-order valence-electron chi connectivity index (χ0n) is 14.2. The molecule has 0 radical (unpaired) electrons. The lowest BCUT2D eigenvalue weighted by Gasteiger charge is -2.37. The maximum absolute atomic E-state index is 13.2. The van der Waals surface area contributed by atoms with E-state index < -0.39 is 12.0 Å². The SMILES string of the molecule is FC(F)(F)c1nc(N2CCN(c3cccc(Cl)c3)CC2)c2ccccc2n1. The Bertz CT molecular complexity index is 969. The Morgan fingerprint density at radius 2 is 1.56 bits per heavy atom. The minimum absolute atomic E-state index is 0.298. The molecular weight excluding hydrogens is 377 g/mol. The highest BCUT2D eigenvalue weighted by molar-refractivity contribution is 6.30. The fraction of sp³-hybridized carbons (Fsp3) is 0.263. The molecule has 0 aliphatic carbocycles. The molecule has 0 atom stereocenters. The average molecular weight is 393 g/mol. The predicted molar refractivity (Wildman–Crippen MR) is 100 cm³/mol. The fourth-order valence-corrected chi connectivity index (χ4v) is 3.46. The zero-order chi connectivity index (χ0) is 19.0. The first-order valence-electron chi connectivity index (χ1n) is 8.51. The number of rotatable bonds is 2. The second-order valence-corrected chi connectivity index (χ2v) is 6.78. The highest BCUT2D eigenvalue weighted by Gasteiger charge is 2.36. The Kier molecular flexibility index (Phi) is 4.55. The Hall–Kier alpha value is -2.54. The van der Waals surface area contributed by atoms with Crippen molar-refractivity contribution >= 4 is 34.0 Å². The zero-order valence-corrected chi connectivity index (χ0v) is 15.0. The molecule has 2 aromatic carbocycles. The van der Waals surface area contributed by atoms with E-state index in [0.29, 0.717) is 47.9 Å². The van der Waals surface area contributed by atoms with Crippen molar-refractivity contribution in [2.45, 2.75) is 6.18 Å². The van der Waals surface area contributed by atoms with E-state index in [4.69, 9.17) is 11.6 Å². The van der Waals surface area contributed by atoms with Crippen LogP contribution < -0.4 is 9.80 Å². The number of benzene rings is 2. The van der Waals surface area contributed by atoms with Gasteiger partial charge in [0.1, 0.15) is 5.82 Å². The third kappa shape index (κ3) is 3.64. The number of para-hydroxylation sites is 1. The highest BCUT2D eigenvalue weighted by Crippen LogP contribution is 2.32. The largest absolute Gasteiger partial charge is 0.451 e. The topological polar surface area (TPSA) is 32.3 Å². The van der Waals surface area contributed by atoms with Crippen molar-refractivity contribution in [3.8, 4) is 0 Å². The predicted octanol–water partition coefficient (Wildman–Crippen LogP) is 4.63. The monoisotopic (exact) mass is 392 g/mol. The number of fused-ring (bicyclic) bond motifs is 1. The highest BCUT2D eigenvalue weighted by atomic mass is 35.5. The minimum atomic E-state index is -4.58. The van der Waals surface area contributed by atoms with Crippen molar-refractivity contribution in [2.24, 2.45) is 0 Å². The van der Waals surface area contributed by atoms with E-state index in [2.05, 4.69) is 14.9 Å². The summed E-state index contributed by atoms with van der Waals surface area (Å²) in [6, 6.07) is 14.4. The van der Waals surface area contributed by atoms with Crippen LogP contribution in [0.1, 0.15) is 5.82 Å². The molecular formula is C19H16ClF3N4. The molecule has 8 heteroatoms. The molecule has 3 aromatic rings. The second kappa shape index (κ2) is 6.88. The Morgan fingerprint density at radius 1 is 0.852 bits per heavy atom. The molecule has 0 bridgehead atoms. The summed E-state index contributed by atoms with van der Waals surface area (Å²) in [4.78, 5) is 11.6. The van der Waals surface area contributed by atoms with Gasteiger partial charge in [-0.3, -0.25) is 0 Å². The maximum Gasteiger partial charge on any atom is 0.451 e. The van der Waals surface area contributed by atoms with Gasteiger partial charge in [-0.15, -0.1) is 0 Å². The van der Waals surface area contributed by atoms with Gasteiger partial charge in [-0.05, 0) is 30.3 Å². The van der Waals surface area contributed by atoms with Gasteiger partial charge in [0.15, 0.2) is 0 Å². The van der Waals surface area contributed by atoms with E-state index in [9.17, 15) is 13.2 Å². The summed E-state index contributed by atoms with van der Waals surface area (Å²) in [5.74, 6) is -0.771. The van der Waals surface area contributed by atoms with Gasteiger partial charge >= 0.3 is 6.18 Å². The molecule has 1 aliphatic heterocycles. The minimum Gasteiger partial charge on any atom is -0.368 e. The van der Waals surface area contributed by atoms with Crippen molar-refractivity contribution in [1.82, 2.24) is 9.97 Å². The summed E-state index contributed by atoms with van der Waals surface area (Å²) in [6.07, 6.45) is -4.58. The van der Waals surface area contributed by atoms with Gasteiger partial charge in [0.05, 0.1) is 5.52 Å². The van der Waals surface area contributed by atoms with Crippen LogP contribution in [0.25, 0.3) is 10.9 Å². The first kappa shape index (κ1) is 17.9. The summed E-state index contributed by atoms with van der Waals surface area (Å²) in [6.45, 7) is 2.45. The van der Waals surface area contributed by atoms with E-state index in [0.717, 1.165) is 5.69 Å². The smallest absolute Gasteiger partial charge is 0.368 e. The number of nitrogens with zero attached hydrogens (tertiary/aromatic N) is 4. The van der Waals surface area contributed by atoms with Gasteiger partial charge < -0.3 is 9.80 Å². The van der Waals surface area contributed by atoms with Crippen LogP contribution in [-0.4, -0.2) is 36.1 Å². The summed E-state index contributed by atoms with van der Waals surface area (Å²) < 4.78 is 39.7. The van der Waals surface area contributed by atoms with E-state index in [1.165, 1.54) is 0 Å². The number of halogens is 4. The molecule has 4 rings (SSSR count). The summed E-state index contributed by atoms with van der Waals surface area (Å²) in [5.41, 5.74) is 1.30. The lowest BCUT2D eigenvalue weighted by atomic mass is 10.2. The van der Waals surface area contributed by atoms with Crippen LogP contribution in [-0.2, 0) is 6.18 Å². The van der Waals surface area contributed by atoms with Gasteiger partial charge in [-0.25, -0.2) is 9.97 Å². The first-order valence-corrected chi connectivity index (χ1v) is 8.89. The van der Waals surface area contributed by atoms with Gasteiger partial charge in [0.25, 0.3) is 0 Å². The van der Waals surface area contributed by atoms with Crippen molar-refractivity contribution in [1.29, 1.82) is 0 Å². The standard InChI is InChI=1S/C19H16ClF3N4/c20-13-4-3-5-14(12-13)26-8-10-27(11-9-26)17-15-6-1-2-7-16(15)24-18(25-17)19(21,22)23/h1-7,12H,8-11H2. The molecule has 0 unspecified atom stereocenters. The normalized spacial score (nSPS) is 15.4. The van der Waals surface area contributed by atoms with Gasteiger partial charge in [-0.1, -0.05) is 29.8 Å². The number of piperazine rings is 1. The van der Waals surface area contributed by atoms with Crippen LogP contribution in [0, 0.1) is 0 Å². The van der Waals surface area contributed by atoms with Crippen LogP contribution in [0.15, 0.2) is 48.5 Å². The van der Waals surface area contributed by atoms with Gasteiger partial charge in [0, 0.05) is 42.3 Å². The molecule has 1 fully saturated rings. The molecule has 140 valence electrons. The molecule has 1 aromatic heterocycles. The van der Waals surface area contributed by atoms with Gasteiger partial charge in [-0.2, -0.15) is 13.2 Å². The first-order chi connectivity index (χ1) is 12.9. The molecule has 4 nitrogen and oxygen atoms in total.